The summed E-state index contributed by atoms with van der Waals surface area (Å²) in [5.41, 5.74) is 3.38. The number of aromatic nitrogens is 1. The first-order chi connectivity index (χ1) is 15.1. The molecule has 1 heterocycles. The van der Waals surface area contributed by atoms with Crippen molar-refractivity contribution in [2.24, 2.45) is 4.99 Å². The van der Waals surface area contributed by atoms with E-state index in [4.69, 9.17) is 9.47 Å². The second kappa shape index (κ2) is 10.8. The van der Waals surface area contributed by atoms with Gasteiger partial charge >= 0.3 is 0 Å². The first kappa shape index (κ1) is 21.8. The molecule has 2 N–H and O–H groups in total. The minimum Gasteiger partial charge on any atom is -0.493 e. The molecule has 1 amide bonds. The van der Waals surface area contributed by atoms with Crippen molar-refractivity contribution in [3.63, 3.8) is 0 Å². The van der Waals surface area contributed by atoms with Crippen LogP contribution in [0.4, 0.5) is 5.69 Å². The highest BCUT2D eigenvalue weighted by molar-refractivity contribution is 6.10. The van der Waals surface area contributed by atoms with E-state index in [1.807, 2.05) is 36.4 Å². The fraction of sp³-hybridized carbons (Fsp3) is 0.208. The molecule has 0 radical (unpaired) electrons. The Balaban J connectivity index is 1.86. The van der Waals surface area contributed by atoms with Crippen LogP contribution in [0.2, 0.25) is 0 Å². The Morgan fingerprint density at radius 2 is 1.84 bits per heavy atom. The first-order valence-corrected chi connectivity index (χ1v) is 9.96. The number of carbonyl (C=O) groups excluding carboxylic acids is 1. The van der Waals surface area contributed by atoms with Crippen LogP contribution in [0.15, 0.2) is 72.0 Å². The van der Waals surface area contributed by atoms with Gasteiger partial charge in [0.15, 0.2) is 11.5 Å². The second-order valence-corrected chi connectivity index (χ2v) is 6.69. The van der Waals surface area contributed by atoms with Gasteiger partial charge in [-0.05, 0) is 47.9 Å². The fourth-order valence-corrected chi connectivity index (χ4v) is 3.01. The van der Waals surface area contributed by atoms with Gasteiger partial charge in [-0.3, -0.25) is 15.1 Å². The van der Waals surface area contributed by atoms with Crippen LogP contribution in [-0.2, 0) is 13.0 Å². The maximum Gasteiger partial charge on any atom is 0.258 e. The highest BCUT2D eigenvalue weighted by atomic mass is 16.5. The lowest BCUT2D eigenvalue weighted by molar-refractivity contribution is 0.0976. The number of aryl methyl sites for hydroxylation is 1. The summed E-state index contributed by atoms with van der Waals surface area (Å²) in [6.07, 6.45) is 4.31. The summed E-state index contributed by atoms with van der Waals surface area (Å²) in [7, 11) is 3.08. The third-order valence-electron chi connectivity index (χ3n) is 4.67. The zero-order chi connectivity index (χ0) is 22.1. The number of ether oxygens (including phenoxy) is 2. The number of benzene rings is 2. The summed E-state index contributed by atoms with van der Waals surface area (Å²) < 4.78 is 10.6. The molecule has 0 saturated carbocycles. The zero-order valence-corrected chi connectivity index (χ0v) is 17.9. The largest absolute Gasteiger partial charge is 0.493 e. The standard InChI is InChI=1S/C24H26N4O3/c1-4-18-9-5-6-10-20(18)27-24(26-16-17-8-7-13-25-15-17)28-23(29)19-11-12-21(30-2)22(14-19)31-3/h5-15H,4,16H2,1-3H3,(H2,26,27,28,29). The van der Waals surface area contributed by atoms with E-state index in [2.05, 4.69) is 27.5 Å². The molecule has 0 aliphatic heterocycles. The lowest BCUT2D eigenvalue weighted by Crippen LogP contribution is -2.36. The van der Waals surface area contributed by atoms with E-state index in [1.54, 1.807) is 37.7 Å². The van der Waals surface area contributed by atoms with Crippen LogP contribution in [0.3, 0.4) is 0 Å². The Morgan fingerprint density at radius 1 is 1.03 bits per heavy atom. The van der Waals surface area contributed by atoms with E-state index >= 15 is 0 Å². The molecule has 0 atom stereocenters. The lowest BCUT2D eigenvalue weighted by atomic mass is 10.1. The molecule has 7 nitrogen and oxygen atoms in total. The predicted molar refractivity (Wildman–Crippen MR) is 122 cm³/mol. The third kappa shape index (κ3) is 5.82. The van der Waals surface area contributed by atoms with E-state index in [1.165, 1.54) is 7.11 Å². The molecule has 1 aromatic heterocycles. The topological polar surface area (TPSA) is 84.8 Å². The van der Waals surface area contributed by atoms with E-state index < -0.39 is 0 Å². The van der Waals surface area contributed by atoms with E-state index in [0.717, 1.165) is 23.2 Å². The van der Waals surface area contributed by atoms with Crippen LogP contribution in [-0.4, -0.2) is 31.1 Å². The van der Waals surface area contributed by atoms with Crippen molar-refractivity contribution in [1.29, 1.82) is 0 Å². The number of aliphatic imine (C=N–C) groups is 1. The van der Waals surface area contributed by atoms with Crippen molar-refractivity contribution in [3.05, 3.63) is 83.7 Å². The number of carbonyl (C=O) groups is 1. The van der Waals surface area contributed by atoms with Gasteiger partial charge in [-0.25, -0.2) is 4.99 Å². The molecule has 31 heavy (non-hydrogen) atoms. The minimum atomic E-state index is -0.313. The molecule has 0 fully saturated rings. The molecule has 0 unspecified atom stereocenters. The Labute approximate surface area is 182 Å². The molecular formula is C24H26N4O3. The first-order valence-electron chi connectivity index (χ1n) is 9.96. The van der Waals surface area contributed by atoms with Gasteiger partial charge < -0.3 is 14.8 Å². The molecule has 2 aromatic carbocycles. The fourth-order valence-electron chi connectivity index (χ4n) is 3.01. The van der Waals surface area contributed by atoms with Crippen LogP contribution < -0.4 is 20.1 Å². The summed E-state index contributed by atoms with van der Waals surface area (Å²) in [6.45, 7) is 2.45. The third-order valence-corrected chi connectivity index (χ3v) is 4.67. The molecule has 0 bridgehead atoms. The number of amides is 1. The van der Waals surface area contributed by atoms with Crippen LogP contribution >= 0.6 is 0 Å². The normalized spacial score (nSPS) is 11.0. The zero-order valence-electron chi connectivity index (χ0n) is 17.9. The Kier molecular flexibility index (Phi) is 7.59. The van der Waals surface area contributed by atoms with E-state index in [-0.39, 0.29) is 5.91 Å². The molecule has 3 rings (SSSR count). The van der Waals surface area contributed by atoms with Gasteiger partial charge in [0, 0.05) is 23.6 Å². The van der Waals surface area contributed by atoms with Crippen LogP contribution in [0.5, 0.6) is 11.5 Å². The molecule has 0 aliphatic rings. The van der Waals surface area contributed by atoms with Gasteiger partial charge in [0.25, 0.3) is 5.91 Å². The highest BCUT2D eigenvalue weighted by Gasteiger charge is 2.14. The number of rotatable bonds is 7. The number of nitrogens with one attached hydrogen (secondary N) is 2. The quantitative estimate of drug-likeness (QED) is 0.446. The Hall–Kier alpha value is -3.87. The molecule has 160 valence electrons. The number of guanidine groups is 1. The van der Waals surface area contributed by atoms with Crippen molar-refractivity contribution >= 4 is 17.6 Å². The summed E-state index contributed by atoms with van der Waals surface area (Å²) in [5.74, 6) is 1.07. The molecule has 3 aromatic rings. The van der Waals surface area contributed by atoms with Gasteiger partial charge in [0.2, 0.25) is 5.96 Å². The van der Waals surface area contributed by atoms with Crippen molar-refractivity contribution < 1.29 is 14.3 Å². The summed E-state index contributed by atoms with van der Waals surface area (Å²) >= 11 is 0. The van der Waals surface area contributed by atoms with Crippen LogP contribution in [0.25, 0.3) is 0 Å². The van der Waals surface area contributed by atoms with Crippen molar-refractivity contribution in [3.8, 4) is 11.5 Å². The number of pyridine rings is 1. The van der Waals surface area contributed by atoms with Crippen LogP contribution in [0, 0.1) is 0 Å². The van der Waals surface area contributed by atoms with Crippen molar-refractivity contribution in [1.82, 2.24) is 10.3 Å². The van der Waals surface area contributed by atoms with Crippen molar-refractivity contribution in [2.45, 2.75) is 19.9 Å². The van der Waals surface area contributed by atoms with Gasteiger partial charge in [-0.2, -0.15) is 0 Å². The predicted octanol–water partition coefficient (Wildman–Crippen LogP) is 4.06. The SMILES string of the molecule is CCc1ccccc1NC(=NCc1cccnc1)NC(=O)c1ccc(OC)c(OC)c1. The monoisotopic (exact) mass is 418 g/mol. The summed E-state index contributed by atoms with van der Waals surface area (Å²) in [6, 6.07) is 16.7. The molecule has 7 heteroatoms. The van der Waals surface area contributed by atoms with Gasteiger partial charge in [-0.1, -0.05) is 31.2 Å². The van der Waals surface area contributed by atoms with E-state index in [0.29, 0.717) is 29.6 Å². The maximum atomic E-state index is 12.9. The summed E-state index contributed by atoms with van der Waals surface area (Å²) in [5, 5.41) is 6.14. The number of nitrogens with zero attached hydrogens (tertiary/aromatic N) is 2. The average molecular weight is 418 g/mol. The van der Waals surface area contributed by atoms with Crippen LogP contribution in [0.1, 0.15) is 28.4 Å². The highest BCUT2D eigenvalue weighted by Crippen LogP contribution is 2.27. The average Bonchev–Trinajstić information content (AvgIpc) is 2.83. The Bertz CT molecular complexity index is 1050. The number of para-hydroxylation sites is 1. The lowest BCUT2D eigenvalue weighted by Gasteiger charge is -2.15. The number of methoxy groups -OCH3 is 2. The van der Waals surface area contributed by atoms with Gasteiger partial charge in [0.1, 0.15) is 0 Å². The second-order valence-electron chi connectivity index (χ2n) is 6.69. The Morgan fingerprint density at radius 3 is 2.55 bits per heavy atom. The molecule has 0 aliphatic carbocycles. The smallest absolute Gasteiger partial charge is 0.258 e. The number of hydrogen-bond donors (Lipinski definition) is 2. The minimum absolute atomic E-state index is 0.313. The number of hydrogen-bond acceptors (Lipinski definition) is 5. The molecule has 0 saturated heterocycles. The maximum absolute atomic E-state index is 12.9. The van der Waals surface area contributed by atoms with Gasteiger partial charge in [0.05, 0.1) is 20.8 Å². The molecule has 0 spiro atoms. The molecular weight excluding hydrogens is 392 g/mol. The summed E-state index contributed by atoms with van der Waals surface area (Å²) in [4.78, 5) is 21.6. The van der Waals surface area contributed by atoms with E-state index in [9.17, 15) is 4.79 Å². The van der Waals surface area contributed by atoms with Gasteiger partial charge in [-0.15, -0.1) is 0 Å². The number of anilines is 1. The van der Waals surface area contributed by atoms with Crippen molar-refractivity contribution in [2.75, 3.05) is 19.5 Å².